The van der Waals surface area contributed by atoms with Crippen LogP contribution in [0.15, 0.2) is 30.5 Å². The zero-order valence-corrected chi connectivity index (χ0v) is 18.0. The van der Waals surface area contributed by atoms with Gasteiger partial charge in [-0.25, -0.2) is 4.79 Å². The minimum absolute atomic E-state index is 0.185. The summed E-state index contributed by atoms with van der Waals surface area (Å²) in [5.74, 6) is -0.338. The van der Waals surface area contributed by atoms with E-state index in [9.17, 15) is 9.59 Å². The Balaban J connectivity index is 1.52. The highest BCUT2D eigenvalue weighted by Gasteiger charge is 2.21. The van der Waals surface area contributed by atoms with Crippen LogP contribution in [0.1, 0.15) is 34.8 Å². The molecule has 9 nitrogen and oxygen atoms in total. The summed E-state index contributed by atoms with van der Waals surface area (Å²) in [4.78, 5) is 29.2. The maximum absolute atomic E-state index is 12.6. The van der Waals surface area contributed by atoms with Crippen LogP contribution in [0.5, 0.6) is 0 Å². The number of nitrogens with zero attached hydrogens (tertiary/aromatic N) is 5. The Morgan fingerprint density at radius 3 is 2.58 bits per heavy atom. The second-order valence-electron chi connectivity index (χ2n) is 7.51. The molecule has 31 heavy (non-hydrogen) atoms. The lowest BCUT2D eigenvalue weighted by atomic mass is 10.1. The first-order valence-electron chi connectivity index (χ1n) is 10.4. The zero-order chi connectivity index (χ0) is 22.2. The van der Waals surface area contributed by atoms with E-state index in [4.69, 9.17) is 10.00 Å². The number of hydrogen-bond acceptors (Lipinski definition) is 7. The largest absolute Gasteiger partial charge is 0.462 e. The third-order valence-corrected chi connectivity index (χ3v) is 5.23. The zero-order valence-electron chi connectivity index (χ0n) is 18.0. The van der Waals surface area contributed by atoms with E-state index in [0.717, 1.165) is 39.1 Å². The molecule has 0 saturated carbocycles. The van der Waals surface area contributed by atoms with E-state index >= 15 is 0 Å². The van der Waals surface area contributed by atoms with E-state index < -0.39 is 5.97 Å². The van der Waals surface area contributed by atoms with Crippen LogP contribution >= 0.6 is 0 Å². The van der Waals surface area contributed by atoms with Crippen LogP contribution in [0.2, 0.25) is 0 Å². The van der Waals surface area contributed by atoms with Crippen molar-refractivity contribution in [2.45, 2.75) is 19.9 Å². The molecule has 1 aromatic carbocycles. The van der Waals surface area contributed by atoms with Crippen LogP contribution in [0, 0.1) is 11.3 Å². The van der Waals surface area contributed by atoms with Gasteiger partial charge in [0, 0.05) is 26.7 Å². The number of anilines is 1. The minimum atomic E-state index is -0.501. The normalized spacial score (nSPS) is 15.1. The summed E-state index contributed by atoms with van der Waals surface area (Å²) in [6.45, 7) is 6.47. The van der Waals surface area contributed by atoms with Gasteiger partial charge in [0.15, 0.2) is 0 Å². The number of carbonyl (C=O) groups excluding carboxylic acids is 2. The quantitative estimate of drug-likeness (QED) is 0.674. The number of aromatic nitrogens is 2. The van der Waals surface area contributed by atoms with Crippen molar-refractivity contribution in [2.75, 3.05) is 44.6 Å². The van der Waals surface area contributed by atoms with Gasteiger partial charge in [-0.15, -0.1) is 0 Å². The lowest BCUT2D eigenvalue weighted by molar-refractivity contribution is -0.117. The van der Waals surface area contributed by atoms with E-state index in [1.807, 2.05) is 24.3 Å². The lowest BCUT2D eigenvalue weighted by Crippen LogP contribution is -2.36. The number of benzene rings is 1. The summed E-state index contributed by atoms with van der Waals surface area (Å²) in [5, 5.41) is 15.8. The Morgan fingerprint density at radius 1 is 1.16 bits per heavy atom. The van der Waals surface area contributed by atoms with E-state index in [1.54, 1.807) is 14.0 Å². The van der Waals surface area contributed by atoms with Gasteiger partial charge >= 0.3 is 5.97 Å². The van der Waals surface area contributed by atoms with Gasteiger partial charge in [-0.2, -0.15) is 10.4 Å². The van der Waals surface area contributed by atoms with Crippen molar-refractivity contribution in [1.29, 1.82) is 5.26 Å². The first-order chi connectivity index (χ1) is 15.0. The Kier molecular flexibility index (Phi) is 7.76. The fraction of sp³-hybridized carbons (Fsp3) is 0.455. The first kappa shape index (κ1) is 22.5. The molecule has 164 valence electrons. The molecular weight excluding hydrogens is 396 g/mol. The van der Waals surface area contributed by atoms with E-state index in [-0.39, 0.29) is 24.6 Å². The number of esters is 1. The molecule has 2 aromatic rings. The number of hydrogen-bond donors (Lipinski definition) is 1. The Morgan fingerprint density at radius 2 is 1.87 bits per heavy atom. The van der Waals surface area contributed by atoms with Crippen molar-refractivity contribution in [3.63, 3.8) is 0 Å². The monoisotopic (exact) mass is 424 g/mol. The second kappa shape index (κ2) is 10.7. The topological polar surface area (TPSA) is 103 Å². The molecule has 3 rings (SSSR count). The Labute approximate surface area is 182 Å². The lowest BCUT2D eigenvalue weighted by Gasteiger charge is -2.21. The molecule has 0 atom stereocenters. The highest BCUT2D eigenvalue weighted by Crippen LogP contribution is 2.16. The van der Waals surface area contributed by atoms with Crippen LogP contribution in [0.4, 0.5) is 5.82 Å². The third kappa shape index (κ3) is 6.13. The molecule has 2 heterocycles. The van der Waals surface area contributed by atoms with Crippen LogP contribution < -0.4 is 5.32 Å². The molecule has 1 aromatic heterocycles. The van der Waals surface area contributed by atoms with Crippen molar-refractivity contribution in [2.24, 2.45) is 7.05 Å². The second-order valence-corrected chi connectivity index (χ2v) is 7.51. The summed E-state index contributed by atoms with van der Waals surface area (Å²) >= 11 is 0. The predicted octanol–water partition coefficient (Wildman–Crippen LogP) is 1.61. The molecule has 0 radical (unpaired) electrons. The van der Waals surface area contributed by atoms with Gasteiger partial charge in [-0.1, -0.05) is 12.1 Å². The molecule has 0 bridgehead atoms. The molecule has 0 aliphatic carbocycles. The van der Waals surface area contributed by atoms with Gasteiger partial charge in [-0.3, -0.25) is 19.3 Å². The standard InChI is InChI=1S/C22H28N6O3/c1-3-31-22(30)19-14-24-26(2)21(19)25-20(29)16-28-10-4-9-27(11-12-28)15-18-7-5-17(13-23)6-8-18/h5-8,14H,3-4,9-12,15-16H2,1-2H3,(H,25,29). The molecular formula is C22H28N6O3. The summed E-state index contributed by atoms with van der Waals surface area (Å²) in [7, 11) is 1.67. The number of aryl methyl sites for hydroxylation is 1. The molecule has 1 fully saturated rings. The number of nitriles is 1. The van der Waals surface area contributed by atoms with Gasteiger partial charge in [0.2, 0.25) is 5.91 Å². The van der Waals surface area contributed by atoms with Crippen molar-refractivity contribution in [1.82, 2.24) is 19.6 Å². The molecule has 1 N–H and O–H groups in total. The third-order valence-electron chi connectivity index (χ3n) is 5.23. The number of rotatable bonds is 7. The molecule has 1 saturated heterocycles. The number of nitrogens with one attached hydrogen (secondary N) is 1. The number of amides is 1. The first-order valence-corrected chi connectivity index (χ1v) is 10.4. The SMILES string of the molecule is CCOC(=O)c1cnn(C)c1NC(=O)CN1CCCN(Cc2ccc(C#N)cc2)CC1. The molecule has 9 heteroatoms. The summed E-state index contributed by atoms with van der Waals surface area (Å²) in [5.41, 5.74) is 2.09. The van der Waals surface area contributed by atoms with Crippen molar-refractivity contribution >= 4 is 17.7 Å². The highest BCUT2D eigenvalue weighted by atomic mass is 16.5. The predicted molar refractivity (Wildman–Crippen MR) is 115 cm³/mol. The average molecular weight is 425 g/mol. The van der Waals surface area contributed by atoms with Crippen molar-refractivity contribution in [3.05, 3.63) is 47.2 Å². The van der Waals surface area contributed by atoms with Crippen LogP contribution in [-0.4, -0.2) is 70.8 Å². The van der Waals surface area contributed by atoms with Crippen LogP contribution in [0.3, 0.4) is 0 Å². The van der Waals surface area contributed by atoms with Gasteiger partial charge < -0.3 is 10.1 Å². The van der Waals surface area contributed by atoms with Crippen molar-refractivity contribution < 1.29 is 14.3 Å². The van der Waals surface area contributed by atoms with Crippen LogP contribution in [-0.2, 0) is 23.1 Å². The summed E-state index contributed by atoms with van der Waals surface area (Å²) < 4.78 is 6.49. The highest BCUT2D eigenvalue weighted by molar-refractivity contribution is 6.00. The Hall–Kier alpha value is -3.22. The van der Waals surface area contributed by atoms with Gasteiger partial charge in [0.25, 0.3) is 0 Å². The average Bonchev–Trinajstić information content (AvgIpc) is 2.97. The fourth-order valence-electron chi connectivity index (χ4n) is 3.60. The van der Waals surface area contributed by atoms with Crippen molar-refractivity contribution in [3.8, 4) is 6.07 Å². The summed E-state index contributed by atoms with van der Waals surface area (Å²) in [6.07, 6.45) is 2.36. The van der Waals surface area contributed by atoms with Gasteiger partial charge in [0.05, 0.1) is 31.0 Å². The fourth-order valence-corrected chi connectivity index (χ4v) is 3.60. The number of carbonyl (C=O) groups is 2. The molecule has 0 unspecified atom stereocenters. The van der Waals surface area contributed by atoms with E-state index in [2.05, 4.69) is 26.3 Å². The van der Waals surface area contributed by atoms with E-state index in [1.165, 1.54) is 16.4 Å². The van der Waals surface area contributed by atoms with Crippen LogP contribution in [0.25, 0.3) is 0 Å². The minimum Gasteiger partial charge on any atom is -0.462 e. The maximum atomic E-state index is 12.6. The maximum Gasteiger partial charge on any atom is 0.343 e. The molecule has 1 amide bonds. The molecule has 0 spiro atoms. The smallest absolute Gasteiger partial charge is 0.343 e. The summed E-state index contributed by atoms with van der Waals surface area (Å²) in [6, 6.07) is 9.80. The van der Waals surface area contributed by atoms with Gasteiger partial charge in [-0.05, 0) is 44.1 Å². The molecule has 1 aliphatic heterocycles. The molecule has 1 aliphatic rings. The number of ether oxygens (including phenoxy) is 1. The van der Waals surface area contributed by atoms with E-state index in [0.29, 0.717) is 11.4 Å². The van der Waals surface area contributed by atoms with Gasteiger partial charge in [0.1, 0.15) is 11.4 Å². The Bertz CT molecular complexity index is 947.